The molecule has 168 valence electrons. The van der Waals surface area contributed by atoms with E-state index in [9.17, 15) is 23.4 Å². The Morgan fingerprint density at radius 3 is 2.38 bits per heavy atom. The first-order valence-corrected chi connectivity index (χ1v) is 12.3. The van der Waals surface area contributed by atoms with Crippen molar-refractivity contribution in [3.63, 3.8) is 0 Å². The van der Waals surface area contributed by atoms with Crippen LogP contribution >= 0.6 is 7.37 Å². The van der Waals surface area contributed by atoms with Crippen molar-refractivity contribution in [2.24, 2.45) is 0 Å². The molecule has 0 bridgehead atoms. The number of benzene rings is 2. The van der Waals surface area contributed by atoms with E-state index in [-0.39, 0.29) is 24.3 Å². The second kappa shape index (κ2) is 9.72. The summed E-state index contributed by atoms with van der Waals surface area (Å²) in [6.45, 7) is 4.04. The quantitative estimate of drug-likeness (QED) is 0.345. The molecule has 2 aromatic carbocycles. The van der Waals surface area contributed by atoms with Gasteiger partial charge >= 0.3 is 5.97 Å². The van der Waals surface area contributed by atoms with Crippen molar-refractivity contribution in [1.82, 2.24) is 4.98 Å². The first-order chi connectivity index (χ1) is 15.1. The lowest BCUT2D eigenvalue weighted by Crippen LogP contribution is -2.14. The van der Waals surface area contributed by atoms with E-state index in [0.717, 1.165) is 22.0 Å². The molecular formula is C24H25FNO5P. The van der Waals surface area contributed by atoms with Crippen LogP contribution in [0.25, 0.3) is 22.2 Å². The summed E-state index contributed by atoms with van der Waals surface area (Å²) in [4.78, 5) is 37.7. The van der Waals surface area contributed by atoms with Crippen LogP contribution in [0.1, 0.15) is 37.3 Å². The summed E-state index contributed by atoms with van der Waals surface area (Å²) in [5, 5.41) is 9.67. The number of ketones is 1. The average molecular weight is 457 g/mol. The average Bonchev–Trinajstić information content (AvgIpc) is 2.70. The van der Waals surface area contributed by atoms with Crippen molar-refractivity contribution in [1.29, 1.82) is 0 Å². The third kappa shape index (κ3) is 5.67. The standard InChI is InChI=1S/C24H25FNO5P/c1-15(2)23-19-5-3-4-6-21(19)26-24(16-7-9-17(25)10-8-16)20(23)11-12-32(30,31)14-18(27)13-22(28)29/h3-10,15H,11-14H2,1-2H3,(H,28,29)(H,30,31). The van der Waals surface area contributed by atoms with Gasteiger partial charge in [0.2, 0.25) is 7.37 Å². The van der Waals surface area contributed by atoms with Crippen LogP contribution in [0.15, 0.2) is 48.5 Å². The molecule has 1 heterocycles. The Bertz CT molecular complexity index is 1210. The normalized spacial score (nSPS) is 13.3. The Labute approximate surface area is 185 Å². The van der Waals surface area contributed by atoms with E-state index in [1.807, 2.05) is 38.1 Å². The zero-order valence-corrected chi connectivity index (χ0v) is 18.8. The fraction of sp³-hybridized carbons (Fsp3) is 0.292. The van der Waals surface area contributed by atoms with Gasteiger partial charge in [-0.25, -0.2) is 9.37 Å². The van der Waals surface area contributed by atoms with Gasteiger partial charge in [0.15, 0.2) is 5.78 Å². The number of halogens is 1. The van der Waals surface area contributed by atoms with Gasteiger partial charge in [-0.2, -0.15) is 0 Å². The van der Waals surface area contributed by atoms with Crippen molar-refractivity contribution in [3.05, 3.63) is 65.5 Å². The number of pyridine rings is 1. The van der Waals surface area contributed by atoms with Gasteiger partial charge in [0.1, 0.15) is 12.2 Å². The molecule has 0 radical (unpaired) electrons. The van der Waals surface area contributed by atoms with Crippen LogP contribution in [-0.4, -0.2) is 39.1 Å². The minimum atomic E-state index is -3.90. The van der Waals surface area contributed by atoms with Gasteiger partial charge in [0.25, 0.3) is 0 Å². The van der Waals surface area contributed by atoms with Crippen molar-refractivity contribution in [3.8, 4) is 11.3 Å². The van der Waals surface area contributed by atoms with Crippen molar-refractivity contribution < 1.29 is 28.5 Å². The first kappa shape index (κ1) is 23.8. The van der Waals surface area contributed by atoms with Gasteiger partial charge < -0.3 is 10.00 Å². The van der Waals surface area contributed by atoms with E-state index in [1.54, 1.807) is 12.1 Å². The van der Waals surface area contributed by atoms with Gasteiger partial charge in [0, 0.05) is 17.1 Å². The second-order valence-corrected chi connectivity index (χ2v) is 10.6. The highest BCUT2D eigenvalue weighted by atomic mass is 31.2. The van der Waals surface area contributed by atoms with E-state index in [1.165, 1.54) is 12.1 Å². The summed E-state index contributed by atoms with van der Waals surface area (Å²) in [7, 11) is -3.90. The molecule has 6 nitrogen and oxygen atoms in total. The molecule has 0 aliphatic rings. The Hall–Kier alpha value is -2.89. The molecule has 0 amide bonds. The molecule has 2 N–H and O–H groups in total. The molecule has 3 rings (SSSR count). The fourth-order valence-corrected chi connectivity index (χ4v) is 5.30. The molecule has 0 aliphatic carbocycles. The van der Waals surface area contributed by atoms with E-state index in [0.29, 0.717) is 11.3 Å². The van der Waals surface area contributed by atoms with Gasteiger partial charge in [-0.3, -0.25) is 14.2 Å². The molecule has 3 aromatic rings. The highest BCUT2D eigenvalue weighted by Crippen LogP contribution is 2.43. The fourth-order valence-electron chi connectivity index (χ4n) is 3.90. The number of hydrogen-bond donors (Lipinski definition) is 2. The van der Waals surface area contributed by atoms with Crippen molar-refractivity contribution in [2.45, 2.75) is 32.6 Å². The van der Waals surface area contributed by atoms with Crippen LogP contribution < -0.4 is 0 Å². The van der Waals surface area contributed by atoms with Gasteiger partial charge in [-0.15, -0.1) is 0 Å². The van der Waals surface area contributed by atoms with Crippen molar-refractivity contribution >= 4 is 30.0 Å². The Balaban J connectivity index is 2.07. The third-order valence-corrected chi connectivity index (χ3v) is 6.98. The summed E-state index contributed by atoms with van der Waals surface area (Å²) in [6.07, 6.45) is -1.47. The van der Waals surface area contributed by atoms with Crippen LogP contribution in [0.4, 0.5) is 4.39 Å². The molecule has 0 fully saturated rings. The minimum Gasteiger partial charge on any atom is -0.481 e. The lowest BCUT2D eigenvalue weighted by Gasteiger charge is -2.21. The Kier molecular flexibility index (Phi) is 7.22. The lowest BCUT2D eigenvalue weighted by atomic mass is 9.89. The molecular weight excluding hydrogens is 432 g/mol. The molecule has 1 aromatic heterocycles. The van der Waals surface area contributed by atoms with Gasteiger partial charge in [-0.05, 0) is 53.8 Å². The summed E-state index contributed by atoms with van der Waals surface area (Å²) in [6, 6.07) is 13.5. The maximum absolute atomic E-state index is 13.5. The Morgan fingerprint density at radius 2 is 1.75 bits per heavy atom. The number of aromatic nitrogens is 1. The predicted molar refractivity (Wildman–Crippen MR) is 122 cm³/mol. The molecule has 8 heteroatoms. The molecule has 32 heavy (non-hydrogen) atoms. The highest BCUT2D eigenvalue weighted by molar-refractivity contribution is 7.59. The smallest absolute Gasteiger partial charge is 0.310 e. The van der Waals surface area contributed by atoms with E-state index in [4.69, 9.17) is 10.1 Å². The number of carboxylic acids is 1. The van der Waals surface area contributed by atoms with Crippen LogP contribution in [0.2, 0.25) is 0 Å². The number of aliphatic carboxylic acids is 1. The lowest BCUT2D eigenvalue weighted by molar-refractivity contribution is -0.139. The number of Topliss-reactive ketones (excluding diaryl/α,β-unsaturated/α-hetero) is 1. The zero-order valence-electron chi connectivity index (χ0n) is 17.9. The molecule has 0 saturated heterocycles. The maximum Gasteiger partial charge on any atom is 0.310 e. The second-order valence-electron chi connectivity index (χ2n) is 8.12. The third-order valence-electron chi connectivity index (χ3n) is 5.22. The number of carbonyl (C=O) groups excluding carboxylic acids is 1. The summed E-state index contributed by atoms with van der Waals surface area (Å²) >= 11 is 0. The summed E-state index contributed by atoms with van der Waals surface area (Å²) in [5.74, 6) is -2.40. The minimum absolute atomic E-state index is 0.0730. The van der Waals surface area contributed by atoms with E-state index < -0.39 is 31.7 Å². The molecule has 1 unspecified atom stereocenters. The highest BCUT2D eigenvalue weighted by Gasteiger charge is 2.26. The number of para-hydroxylation sites is 1. The molecule has 0 saturated carbocycles. The number of hydrogen-bond acceptors (Lipinski definition) is 4. The maximum atomic E-state index is 13.5. The van der Waals surface area contributed by atoms with E-state index in [2.05, 4.69) is 0 Å². The number of nitrogens with zero attached hydrogens (tertiary/aromatic N) is 1. The zero-order chi connectivity index (χ0) is 23.5. The van der Waals surface area contributed by atoms with Gasteiger partial charge in [-0.1, -0.05) is 32.0 Å². The van der Waals surface area contributed by atoms with E-state index >= 15 is 0 Å². The number of carbonyl (C=O) groups is 2. The Morgan fingerprint density at radius 1 is 1.09 bits per heavy atom. The number of fused-ring (bicyclic) bond motifs is 1. The summed E-state index contributed by atoms with van der Waals surface area (Å²) in [5.41, 5.74) is 3.80. The monoisotopic (exact) mass is 457 g/mol. The largest absolute Gasteiger partial charge is 0.481 e. The topological polar surface area (TPSA) is 105 Å². The van der Waals surface area contributed by atoms with Crippen LogP contribution in [0.5, 0.6) is 0 Å². The predicted octanol–water partition coefficient (Wildman–Crippen LogP) is 5.02. The number of rotatable bonds is 9. The van der Waals surface area contributed by atoms with Gasteiger partial charge in [0.05, 0.1) is 17.4 Å². The van der Waals surface area contributed by atoms with Crippen molar-refractivity contribution in [2.75, 3.05) is 12.3 Å². The van der Waals surface area contributed by atoms with Crippen LogP contribution in [0.3, 0.4) is 0 Å². The van der Waals surface area contributed by atoms with Crippen LogP contribution in [-0.2, 0) is 20.6 Å². The SMILES string of the molecule is CC(C)c1c(CCP(=O)(O)CC(=O)CC(=O)O)c(-c2ccc(F)cc2)nc2ccccc12. The summed E-state index contributed by atoms with van der Waals surface area (Å²) < 4.78 is 26.2. The molecule has 0 aliphatic heterocycles. The van der Waals surface area contributed by atoms with Crippen LogP contribution in [0, 0.1) is 5.82 Å². The molecule has 1 atom stereocenters. The molecule has 0 spiro atoms. The number of carboxylic acid groups (broad SMARTS) is 1. The first-order valence-electron chi connectivity index (χ1n) is 10.3.